The first-order valence-corrected chi connectivity index (χ1v) is 5.39. The number of aliphatic hydroxyl groups is 1. The number of hydrogen-bond acceptors (Lipinski definition) is 3. The standard InChI is InChI=1S/C11H14FNO2S/c1-7(4-5-14)13-11(15)8-2-3-9(12)10(16)6-8/h2-3,6-7,14,16H,4-5H2,1H3,(H,13,15). The summed E-state index contributed by atoms with van der Waals surface area (Å²) in [4.78, 5) is 11.8. The van der Waals surface area contributed by atoms with Crippen molar-refractivity contribution in [1.29, 1.82) is 0 Å². The van der Waals surface area contributed by atoms with Crippen LogP contribution in [0.4, 0.5) is 4.39 Å². The van der Waals surface area contributed by atoms with Gasteiger partial charge in [0, 0.05) is 23.1 Å². The fourth-order valence-corrected chi connectivity index (χ4v) is 1.44. The van der Waals surface area contributed by atoms with Crippen LogP contribution in [-0.2, 0) is 0 Å². The van der Waals surface area contributed by atoms with E-state index < -0.39 is 5.82 Å². The van der Waals surface area contributed by atoms with Gasteiger partial charge < -0.3 is 10.4 Å². The zero-order valence-corrected chi connectivity index (χ0v) is 9.80. The van der Waals surface area contributed by atoms with Crippen molar-refractivity contribution in [1.82, 2.24) is 5.32 Å². The lowest BCUT2D eigenvalue weighted by atomic mass is 10.2. The summed E-state index contributed by atoms with van der Waals surface area (Å²) in [6.07, 6.45) is 0.487. The molecule has 5 heteroatoms. The van der Waals surface area contributed by atoms with Crippen molar-refractivity contribution in [2.24, 2.45) is 0 Å². The summed E-state index contributed by atoms with van der Waals surface area (Å²) in [6.45, 7) is 1.81. The number of aliphatic hydroxyl groups excluding tert-OH is 1. The molecule has 1 aromatic carbocycles. The normalized spacial score (nSPS) is 12.2. The molecular formula is C11H14FNO2S. The van der Waals surface area contributed by atoms with Gasteiger partial charge in [0.2, 0.25) is 0 Å². The van der Waals surface area contributed by atoms with Crippen molar-refractivity contribution < 1.29 is 14.3 Å². The second-order valence-electron chi connectivity index (χ2n) is 3.55. The molecule has 0 saturated heterocycles. The third-order valence-corrected chi connectivity index (χ3v) is 2.49. The van der Waals surface area contributed by atoms with E-state index in [0.717, 1.165) is 0 Å². The molecule has 3 nitrogen and oxygen atoms in total. The third kappa shape index (κ3) is 3.50. The van der Waals surface area contributed by atoms with E-state index in [0.29, 0.717) is 12.0 Å². The van der Waals surface area contributed by atoms with Gasteiger partial charge >= 0.3 is 0 Å². The number of rotatable bonds is 4. The Labute approximate surface area is 99.1 Å². The smallest absolute Gasteiger partial charge is 0.251 e. The second kappa shape index (κ2) is 5.86. The van der Waals surface area contributed by atoms with E-state index in [2.05, 4.69) is 17.9 Å². The highest BCUT2D eigenvalue weighted by molar-refractivity contribution is 7.80. The summed E-state index contributed by atoms with van der Waals surface area (Å²) in [5.74, 6) is -0.750. The number of carbonyl (C=O) groups excluding carboxylic acids is 1. The Hall–Kier alpha value is -1.07. The van der Waals surface area contributed by atoms with Crippen molar-refractivity contribution in [3.8, 4) is 0 Å². The van der Waals surface area contributed by atoms with E-state index in [1.165, 1.54) is 18.2 Å². The van der Waals surface area contributed by atoms with E-state index >= 15 is 0 Å². The predicted octanol–water partition coefficient (Wildman–Crippen LogP) is 1.62. The number of amides is 1. The largest absolute Gasteiger partial charge is 0.396 e. The minimum atomic E-state index is -0.455. The monoisotopic (exact) mass is 243 g/mol. The maximum atomic E-state index is 12.9. The summed E-state index contributed by atoms with van der Waals surface area (Å²) in [5.41, 5.74) is 0.358. The quantitative estimate of drug-likeness (QED) is 0.704. The van der Waals surface area contributed by atoms with Gasteiger partial charge in [-0.2, -0.15) is 0 Å². The van der Waals surface area contributed by atoms with Crippen molar-refractivity contribution >= 4 is 18.5 Å². The highest BCUT2D eigenvalue weighted by atomic mass is 32.1. The van der Waals surface area contributed by atoms with Crippen LogP contribution >= 0.6 is 12.6 Å². The second-order valence-corrected chi connectivity index (χ2v) is 4.03. The molecule has 1 rings (SSSR count). The number of thiol groups is 1. The number of carbonyl (C=O) groups is 1. The molecule has 2 N–H and O–H groups in total. The van der Waals surface area contributed by atoms with Crippen LogP contribution in [0.15, 0.2) is 23.1 Å². The van der Waals surface area contributed by atoms with E-state index in [-0.39, 0.29) is 23.5 Å². The topological polar surface area (TPSA) is 49.3 Å². The third-order valence-electron chi connectivity index (χ3n) is 2.15. The van der Waals surface area contributed by atoms with E-state index in [1.54, 1.807) is 6.92 Å². The molecule has 1 amide bonds. The van der Waals surface area contributed by atoms with Crippen LogP contribution in [0.5, 0.6) is 0 Å². The van der Waals surface area contributed by atoms with E-state index in [1.807, 2.05) is 0 Å². The molecule has 0 radical (unpaired) electrons. The Kier molecular flexibility index (Phi) is 4.76. The molecule has 0 aliphatic rings. The molecule has 1 unspecified atom stereocenters. The van der Waals surface area contributed by atoms with Crippen molar-refractivity contribution in [3.63, 3.8) is 0 Å². The highest BCUT2D eigenvalue weighted by Gasteiger charge is 2.10. The minimum Gasteiger partial charge on any atom is -0.396 e. The number of benzene rings is 1. The molecule has 0 saturated carbocycles. The Morgan fingerprint density at radius 1 is 1.62 bits per heavy atom. The van der Waals surface area contributed by atoms with Crippen LogP contribution in [0.25, 0.3) is 0 Å². The number of halogens is 1. The number of nitrogens with one attached hydrogen (secondary N) is 1. The molecule has 0 aliphatic heterocycles. The summed E-state index contributed by atoms with van der Waals surface area (Å²) in [7, 11) is 0. The maximum absolute atomic E-state index is 12.9. The SMILES string of the molecule is CC(CCO)NC(=O)c1ccc(F)c(S)c1. The molecule has 1 aromatic rings. The Bertz CT molecular complexity index is 384. The lowest BCUT2D eigenvalue weighted by Gasteiger charge is -2.12. The lowest BCUT2D eigenvalue weighted by Crippen LogP contribution is -2.33. The zero-order valence-electron chi connectivity index (χ0n) is 8.90. The minimum absolute atomic E-state index is 0.0165. The average Bonchev–Trinajstić information content (AvgIpc) is 2.22. The van der Waals surface area contributed by atoms with Gasteiger partial charge in [0.25, 0.3) is 5.91 Å². The van der Waals surface area contributed by atoms with E-state index in [9.17, 15) is 9.18 Å². The molecule has 0 spiro atoms. The maximum Gasteiger partial charge on any atom is 0.251 e. The summed E-state index contributed by atoms with van der Waals surface area (Å²) < 4.78 is 12.9. The first kappa shape index (κ1) is 13.0. The van der Waals surface area contributed by atoms with Crippen LogP contribution in [0.1, 0.15) is 23.7 Å². The molecule has 0 aliphatic carbocycles. The fraction of sp³-hybridized carbons (Fsp3) is 0.364. The predicted molar refractivity (Wildman–Crippen MR) is 62.3 cm³/mol. The zero-order chi connectivity index (χ0) is 12.1. The summed E-state index contributed by atoms with van der Waals surface area (Å²) in [5, 5.41) is 11.4. The van der Waals surface area contributed by atoms with E-state index in [4.69, 9.17) is 5.11 Å². The Morgan fingerprint density at radius 2 is 2.31 bits per heavy atom. The molecule has 0 heterocycles. The molecular weight excluding hydrogens is 229 g/mol. The molecule has 0 fully saturated rings. The van der Waals surface area contributed by atoms with Crippen LogP contribution in [0, 0.1) is 5.82 Å². The van der Waals surface area contributed by atoms with Crippen molar-refractivity contribution in [2.75, 3.05) is 6.61 Å². The molecule has 0 aromatic heterocycles. The van der Waals surface area contributed by atoms with Crippen LogP contribution in [0.3, 0.4) is 0 Å². The molecule has 16 heavy (non-hydrogen) atoms. The Morgan fingerprint density at radius 3 is 2.88 bits per heavy atom. The summed E-state index contributed by atoms with van der Waals surface area (Å²) in [6, 6.07) is 3.86. The van der Waals surface area contributed by atoms with Gasteiger partial charge in [0.05, 0.1) is 0 Å². The van der Waals surface area contributed by atoms with Crippen molar-refractivity contribution in [2.45, 2.75) is 24.3 Å². The van der Waals surface area contributed by atoms with Crippen molar-refractivity contribution in [3.05, 3.63) is 29.6 Å². The van der Waals surface area contributed by atoms with Gasteiger partial charge in [0.15, 0.2) is 0 Å². The van der Waals surface area contributed by atoms with Gasteiger partial charge in [0.1, 0.15) is 5.82 Å². The van der Waals surface area contributed by atoms with Gasteiger partial charge in [-0.25, -0.2) is 4.39 Å². The molecule has 0 bridgehead atoms. The molecule has 88 valence electrons. The van der Waals surface area contributed by atoms with Gasteiger partial charge in [-0.15, -0.1) is 12.6 Å². The van der Waals surface area contributed by atoms with Gasteiger partial charge in [-0.05, 0) is 31.5 Å². The van der Waals surface area contributed by atoms with Crippen LogP contribution in [-0.4, -0.2) is 23.7 Å². The average molecular weight is 243 g/mol. The van der Waals surface area contributed by atoms with Crippen LogP contribution in [0.2, 0.25) is 0 Å². The molecule has 1 atom stereocenters. The first-order chi connectivity index (χ1) is 7.54. The summed E-state index contributed by atoms with van der Waals surface area (Å²) >= 11 is 3.90. The van der Waals surface area contributed by atoms with Gasteiger partial charge in [-0.1, -0.05) is 0 Å². The van der Waals surface area contributed by atoms with Gasteiger partial charge in [-0.3, -0.25) is 4.79 Å². The lowest BCUT2D eigenvalue weighted by molar-refractivity contribution is 0.0934. The van der Waals surface area contributed by atoms with Crippen LogP contribution < -0.4 is 5.32 Å². The first-order valence-electron chi connectivity index (χ1n) is 4.95. The highest BCUT2D eigenvalue weighted by Crippen LogP contribution is 2.14. The fourth-order valence-electron chi connectivity index (χ4n) is 1.23. The Balaban J connectivity index is 2.69. The number of hydrogen-bond donors (Lipinski definition) is 3.